The van der Waals surface area contributed by atoms with Crippen molar-refractivity contribution < 1.29 is 14.6 Å². The highest BCUT2D eigenvalue weighted by Crippen LogP contribution is 2.11. The summed E-state index contributed by atoms with van der Waals surface area (Å²) in [5.74, 6) is -0.340. The maximum absolute atomic E-state index is 11.9. The van der Waals surface area contributed by atoms with Gasteiger partial charge in [-0.1, -0.05) is 36.9 Å². The minimum Gasteiger partial charge on any atom is -0.454 e. The van der Waals surface area contributed by atoms with E-state index in [4.69, 9.17) is 9.84 Å². The van der Waals surface area contributed by atoms with Gasteiger partial charge < -0.3 is 9.84 Å². The Hall–Kier alpha value is -1.87. The molecule has 1 unspecified atom stereocenters. The quantitative estimate of drug-likeness (QED) is 0.448. The number of aliphatic hydroxyl groups excluding tert-OH is 1. The van der Waals surface area contributed by atoms with Gasteiger partial charge in [-0.15, -0.1) is 0 Å². The van der Waals surface area contributed by atoms with Gasteiger partial charge >= 0.3 is 5.97 Å². The van der Waals surface area contributed by atoms with Gasteiger partial charge in [0.15, 0.2) is 0 Å². The number of hydrogen-bond acceptors (Lipinski definition) is 3. The molecule has 0 aliphatic rings. The number of benzene rings is 1. The lowest BCUT2D eigenvalue weighted by molar-refractivity contribution is 0.0412. The molecule has 0 saturated heterocycles. The molecule has 1 aromatic rings. The number of allylic oxidation sites excluding steroid dienone is 1. The second kappa shape index (κ2) is 9.10. The van der Waals surface area contributed by atoms with Crippen molar-refractivity contribution in [2.24, 2.45) is 0 Å². The molecule has 0 radical (unpaired) electrons. The summed E-state index contributed by atoms with van der Waals surface area (Å²) in [6.45, 7) is 5.93. The average molecular weight is 274 g/mol. The SMILES string of the molecule is C=C(/C=C/CCCCO)C(C)OC(=O)c1ccccc1. The zero-order valence-corrected chi connectivity index (χ0v) is 11.9. The molecule has 3 nitrogen and oxygen atoms in total. The molecule has 0 fully saturated rings. The van der Waals surface area contributed by atoms with Crippen LogP contribution in [0.4, 0.5) is 0 Å². The van der Waals surface area contributed by atoms with Crippen molar-refractivity contribution in [3.05, 3.63) is 60.2 Å². The molecule has 108 valence electrons. The largest absolute Gasteiger partial charge is 0.454 e. The summed E-state index contributed by atoms with van der Waals surface area (Å²) in [6, 6.07) is 8.91. The molecule has 1 rings (SSSR count). The highest BCUT2D eigenvalue weighted by molar-refractivity contribution is 5.89. The first-order valence-electron chi connectivity index (χ1n) is 6.87. The van der Waals surface area contributed by atoms with Crippen LogP contribution >= 0.6 is 0 Å². The highest BCUT2D eigenvalue weighted by atomic mass is 16.5. The van der Waals surface area contributed by atoms with Crippen molar-refractivity contribution in [1.82, 2.24) is 0 Å². The van der Waals surface area contributed by atoms with Crippen molar-refractivity contribution in [2.45, 2.75) is 32.3 Å². The van der Waals surface area contributed by atoms with Gasteiger partial charge in [-0.05, 0) is 43.9 Å². The first kappa shape index (κ1) is 16.2. The molecule has 0 saturated carbocycles. The third-order valence-corrected chi connectivity index (χ3v) is 2.93. The van der Waals surface area contributed by atoms with E-state index >= 15 is 0 Å². The van der Waals surface area contributed by atoms with E-state index in [1.807, 2.05) is 18.2 Å². The third kappa shape index (κ3) is 5.85. The number of esters is 1. The molecular weight excluding hydrogens is 252 g/mol. The number of hydrogen-bond donors (Lipinski definition) is 1. The highest BCUT2D eigenvalue weighted by Gasteiger charge is 2.12. The Balaban J connectivity index is 2.40. The van der Waals surface area contributed by atoms with E-state index in [1.165, 1.54) is 0 Å². The zero-order valence-electron chi connectivity index (χ0n) is 11.9. The summed E-state index contributed by atoms with van der Waals surface area (Å²) in [6.07, 6.45) is 6.15. The van der Waals surface area contributed by atoms with Crippen molar-refractivity contribution in [3.63, 3.8) is 0 Å². The fourth-order valence-electron chi connectivity index (χ4n) is 1.62. The van der Waals surface area contributed by atoms with E-state index in [9.17, 15) is 4.79 Å². The average Bonchev–Trinajstić information content (AvgIpc) is 2.47. The van der Waals surface area contributed by atoms with Gasteiger partial charge in [0, 0.05) is 6.61 Å². The smallest absolute Gasteiger partial charge is 0.338 e. The van der Waals surface area contributed by atoms with Crippen LogP contribution in [0.2, 0.25) is 0 Å². The fraction of sp³-hybridized carbons (Fsp3) is 0.353. The van der Waals surface area contributed by atoms with Gasteiger partial charge in [0.25, 0.3) is 0 Å². The third-order valence-electron chi connectivity index (χ3n) is 2.93. The minimum atomic E-state index is -0.350. The van der Waals surface area contributed by atoms with Crippen molar-refractivity contribution in [1.29, 1.82) is 0 Å². The Kier molecular flexibility index (Phi) is 7.36. The van der Waals surface area contributed by atoms with Crippen LogP contribution in [-0.4, -0.2) is 23.8 Å². The molecule has 0 aromatic heterocycles. The lowest BCUT2D eigenvalue weighted by atomic mass is 10.1. The summed E-state index contributed by atoms with van der Waals surface area (Å²) in [5, 5.41) is 8.67. The van der Waals surface area contributed by atoms with Crippen LogP contribution in [0.15, 0.2) is 54.6 Å². The predicted molar refractivity (Wildman–Crippen MR) is 80.5 cm³/mol. The second-order valence-corrected chi connectivity index (χ2v) is 4.61. The second-order valence-electron chi connectivity index (χ2n) is 4.61. The Bertz CT molecular complexity index is 449. The summed E-state index contributed by atoms with van der Waals surface area (Å²) < 4.78 is 5.35. The fourth-order valence-corrected chi connectivity index (χ4v) is 1.62. The summed E-state index contributed by atoms with van der Waals surface area (Å²) in [7, 11) is 0. The summed E-state index contributed by atoms with van der Waals surface area (Å²) in [4.78, 5) is 11.9. The monoisotopic (exact) mass is 274 g/mol. The van der Waals surface area contributed by atoms with Crippen LogP contribution in [0.25, 0.3) is 0 Å². The Labute approximate surface area is 120 Å². The van der Waals surface area contributed by atoms with Crippen LogP contribution < -0.4 is 0 Å². The van der Waals surface area contributed by atoms with Gasteiger partial charge in [-0.3, -0.25) is 0 Å². The van der Waals surface area contributed by atoms with Crippen molar-refractivity contribution >= 4 is 5.97 Å². The van der Waals surface area contributed by atoms with Gasteiger partial charge in [-0.25, -0.2) is 4.79 Å². The molecule has 0 amide bonds. The minimum absolute atomic E-state index is 0.222. The standard InChI is InChI=1S/C17H22O3/c1-14(10-6-3-4-9-13-18)15(2)20-17(19)16-11-7-5-8-12-16/h5-8,10-12,15,18H,1,3-4,9,13H2,2H3/b10-6+. The van der Waals surface area contributed by atoms with E-state index < -0.39 is 0 Å². The molecular formula is C17H22O3. The molecule has 1 atom stereocenters. The number of rotatable bonds is 8. The maximum atomic E-state index is 11.9. The first-order chi connectivity index (χ1) is 9.65. The topological polar surface area (TPSA) is 46.5 Å². The molecule has 0 heterocycles. The van der Waals surface area contributed by atoms with Gasteiger partial charge in [-0.2, -0.15) is 0 Å². The van der Waals surface area contributed by atoms with E-state index in [0.717, 1.165) is 24.8 Å². The van der Waals surface area contributed by atoms with E-state index in [-0.39, 0.29) is 18.7 Å². The zero-order chi connectivity index (χ0) is 14.8. The number of aliphatic hydroxyl groups is 1. The first-order valence-corrected chi connectivity index (χ1v) is 6.87. The van der Waals surface area contributed by atoms with E-state index in [1.54, 1.807) is 31.2 Å². The van der Waals surface area contributed by atoms with E-state index in [2.05, 4.69) is 6.58 Å². The maximum Gasteiger partial charge on any atom is 0.338 e. The molecule has 0 spiro atoms. The number of carbonyl (C=O) groups excluding carboxylic acids is 1. The lowest BCUT2D eigenvalue weighted by Gasteiger charge is -2.13. The van der Waals surface area contributed by atoms with Gasteiger partial charge in [0.2, 0.25) is 0 Å². The molecule has 3 heteroatoms. The number of ether oxygens (including phenoxy) is 1. The van der Waals surface area contributed by atoms with Crippen LogP contribution in [-0.2, 0) is 4.74 Å². The van der Waals surface area contributed by atoms with Crippen LogP contribution in [0, 0.1) is 0 Å². The normalized spacial score (nSPS) is 12.3. The van der Waals surface area contributed by atoms with Crippen LogP contribution in [0.1, 0.15) is 36.5 Å². The van der Waals surface area contributed by atoms with Crippen molar-refractivity contribution in [2.75, 3.05) is 6.61 Å². The van der Waals surface area contributed by atoms with Crippen LogP contribution in [0.3, 0.4) is 0 Å². The molecule has 0 bridgehead atoms. The Morgan fingerprint density at radius 1 is 1.35 bits per heavy atom. The van der Waals surface area contributed by atoms with Gasteiger partial charge in [0.1, 0.15) is 6.10 Å². The predicted octanol–water partition coefficient (Wildman–Crippen LogP) is 3.51. The van der Waals surface area contributed by atoms with Crippen LogP contribution in [0.5, 0.6) is 0 Å². The van der Waals surface area contributed by atoms with Crippen molar-refractivity contribution in [3.8, 4) is 0 Å². The van der Waals surface area contributed by atoms with Gasteiger partial charge in [0.05, 0.1) is 5.56 Å². The lowest BCUT2D eigenvalue weighted by Crippen LogP contribution is -2.16. The number of unbranched alkanes of at least 4 members (excludes halogenated alkanes) is 2. The Morgan fingerprint density at radius 3 is 2.70 bits per heavy atom. The molecule has 20 heavy (non-hydrogen) atoms. The van der Waals surface area contributed by atoms with E-state index in [0.29, 0.717) is 5.56 Å². The number of carbonyl (C=O) groups is 1. The summed E-state index contributed by atoms with van der Waals surface area (Å²) in [5.41, 5.74) is 1.30. The molecule has 0 aliphatic carbocycles. The summed E-state index contributed by atoms with van der Waals surface area (Å²) >= 11 is 0. The Morgan fingerprint density at radius 2 is 2.05 bits per heavy atom. The molecule has 1 N–H and O–H groups in total. The molecule has 1 aromatic carbocycles. The molecule has 0 aliphatic heterocycles.